The van der Waals surface area contributed by atoms with Crippen LogP contribution < -0.4 is 5.32 Å². The van der Waals surface area contributed by atoms with Gasteiger partial charge in [0.05, 0.1) is 6.10 Å². The van der Waals surface area contributed by atoms with E-state index in [1.54, 1.807) is 32.9 Å². The minimum Gasteiger partial charge on any atom is -0.461 e. The molecule has 1 atom stereocenters. The number of carbonyl (C=O) groups is 2. The van der Waals surface area contributed by atoms with Gasteiger partial charge in [0.2, 0.25) is 0 Å². The van der Waals surface area contributed by atoms with E-state index in [0.717, 1.165) is 5.56 Å². The highest BCUT2D eigenvalue weighted by atomic mass is 16.5. The Morgan fingerprint density at radius 2 is 1.57 bits per heavy atom. The molecule has 1 rings (SSSR count). The molecule has 0 saturated carbocycles. The van der Waals surface area contributed by atoms with Crippen molar-refractivity contribution in [2.75, 3.05) is 0 Å². The fraction of sp³-hybridized carbons (Fsp3) is 0.529. The van der Waals surface area contributed by atoms with E-state index >= 15 is 0 Å². The third kappa shape index (κ3) is 5.21. The summed E-state index contributed by atoms with van der Waals surface area (Å²) in [7, 11) is 0. The zero-order valence-corrected chi connectivity index (χ0v) is 13.7. The molecule has 1 amide bonds. The van der Waals surface area contributed by atoms with Gasteiger partial charge in [-0.3, -0.25) is 4.79 Å². The number of benzene rings is 1. The molecule has 0 fully saturated rings. The Hall–Kier alpha value is -1.84. The molecule has 4 nitrogen and oxygen atoms in total. The summed E-state index contributed by atoms with van der Waals surface area (Å²) in [6.07, 6.45) is -0.192. The third-order valence-electron chi connectivity index (χ3n) is 3.07. The van der Waals surface area contributed by atoms with Gasteiger partial charge >= 0.3 is 5.97 Å². The van der Waals surface area contributed by atoms with E-state index in [1.165, 1.54) is 0 Å². The van der Waals surface area contributed by atoms with Crippen molar-refractivity contribution >= 4 is 11.9 Å². The van der Waals surface area contributed by atoms with Gasteiger partial charge in [0.1, 0.15) is 6.04 Å². The SMILES string of the molecule is CC(C)OC(=O)[C@@H](C)NC(=O)c1ccc(C(C)(C)C)cc1. The van der Waals surface area contributed by atoms with E-state index in [4.69, 9.17) is 4.74 Å². The lowest BCUT2D eigenvalue weighted by atomic mass is 9.86. The molecule has 0 aromatic heterocycles. The van der Waals surface area contributed by atoms with Crippen LogP contribution in [0.3, 0.4) is 0 Å². The summed E-state index contributed by atoms with van der Waals surface area (Å²) in [5.74, 6) is -0.701. The van der Waals surface area contributed by atoms with E-state index in [-0.39, 0.29) is 17.4 Å². The fourth-order valence-corrected chi connectivity index (χ4v) is 1.79. The van der Waals surface area contributed by atoms with Crippen LogP contribution in [0.4, 0.5) is 0 Å². The molecule has 1 aromatic rings. The predicted octanol–water partition coefficient (Wildman–Crippen LogP) is 3.05. The molecule has 0 heterocycles. The van der Waals surface area contributed by atoms with Crippen molar-refractivity contribution in [2.24, 2.45) is 0 Å². The van der Waals surface area contributed by atoms with Crippen molar-refractivity contribution in [1.29, 1.82) is 0 Å². The van der Waals surface area contributed by atoms with Gasteiger partial charge in [0, 0.05) is 5.56 Å². The van der Waals surface area contributed by atoms with Crippen molar-refractivity contribution in [2.45, 2.75) is 59.1 Å². The number of hydrogen-bond acceptors (Lipinski definition) is 3. The number of esters is 1. The van der Waals surface area contributed by atoms with Crippen LogP contribution in [0.1, 0.15) is 57.5 Å². The number of ether oxygens (including phenoxy) is 1. The average molecular weight is 291 g/mol. The summed E-state index contributed by atoms with van der Waals surface area (Å²) in [5.41, 5.74) is 1.74. The Morgan fingerprint density at radius 3 is 2.00 bits per heavy atom. The lowest BCUT2D eigenvalue weighted by Gasteiger charge is -2.19. The molecule has 0 aliphatic heterocycles. The number of nitrogens with one attached hydrogen (secondary N) is 1. The summed E-state index contributed by atoms with van der Waals surface area (Å²) in [6.45, 7) is 11.5. The van der Waals surface area contributed by atoms with Crippen LogP contribution in [0.25, 0.3) is 0 Å². The van der Waals surface area contributed by atoms with Crippen molar-refractivity contribution in [1.82, 2.24) is 5.32 Å². The summed E-state index contributed by atoms with van der Waals surface area (Å²) < 4.78 is 5.06. The molecule has 0 aliphatic carbocycles. The van der Waals surface area contributed by atoms with Crippen molar-refractivity contribution in [3.8, 4) is 0 Å². The van der Waals surface area contributed by atoms with Gasteiger partial charge in [-0.1, -0.05) is 32.9 Å². The van der Waals surface area contributed by atoms with Crippen LogP contribution in [0.15, 0.2) is 24.3 Å². The minimum absolute atomic E-state index is 0.0450. The maximum Gasteiger partial charge on any atom is 0.328 e. The second-order valence-electron chi connectivity index (χ2n) is 6.51. The molecule has 0 bridgehead atoms. The molecule has 0 radical (unpaired) electrons. The van der Waals surface area contributed by atoms with E-state index in [2.05, 4.69) is 26.1 Å². The van der Waals surface area contributed by atoms with Gasteiger partial charge in [-0.2, -0.15) is 0 Å². The van der Waals surface area contributed by atoms with Crippen LogP contribution in [0.5, 0.6) is 0 Å². The highest BCUT2D eigenvalue weighted by Crippen LogP contribution is 2.22. The molecule has 0 aliphatic rings. The Bertz CT molecular complexity index is 498. The van der Waals surface area contributed by atoms with Gasteiger partial charge < -0.3 is 10.1 Å². The summed E-state index contributed by atoms with van der Waals surface area (Å²) >= 11 is 0. The predicted molar refractivity (Wildman–Crippen MR) is 83.3 cm³/mol. The van der Waals surface area contributed by atoms with Crippen LogP contribution in [-0.4, -0.2) is 24.0 Å². The number of carbonyl (C=O) groups excluding carboxylic acids is 2. The summed E-state index contributed by atoms with van der Waals surface area (Å²) in [4.78, 5) is 23.8. The molecule has 116 valence electrons. The second-order valence-corrected chi connectivity index (χ2v) is 6.51. The van der Waals surface area contributed by atoms with E-state index in [1.807, 2.05) is 12.1 Å². The second kappa shape index (κ2) is 6.74. The first kappa shape index (κ1) is 17.2. The molecular weight excluding hydrogens is 266 g/mol. The van der Waals surface area contributed by atoms with Crippen LogP contribution in [0, 0.1) is 0 Å². The first-order valence-corrected chi connectivity index (χ1v) is 7.23. The summed E-state index contributed by atoms with van der Waals surface area (Å²) in [5, 5.41) is 2.65. The monoisotopic (exact) mass is 291 g/mol. The van der Waals surface area contributed by atoms with Crippen LogP contribution in [0.2, 0.25) is 0 Å². The van der Waals surface area contributed by atoms with Crippen LogP contribution in [-0.2, 0) is 14.9 Å². The van der Waals surface area contributed by atoms with Gasteiger partial charge in [-0.25, -0.2) is 4.79 Å². The largest absolute Gasteiger partial charge is 0.461 e. The third-order valence-corrected chi connectivity index (χ3v) is 3.07. The molecule has 0 saturated heterocycles. The number of hydrogen-bond donors (Lipinski definition) is 1. The zero-order chi connectivity index (χ0) is 16.2. The quantitative estimate of drug-likeness (QED) is 0.867. The Labute approximate surface area is 126 Å². The molecule has 1 aromatic carbocycles. The van der Waals surface area contributed by atoms with E-state index < -0.39 is 12.0 Å². The lowest BCUT2D eigenvalue weighted by molar-refractivity contribution is -0.149. The number of rotatable bonds is 4. The number of amides is 1. The summed E-state index contributed by atoms with van der Waals surface area (Å²) in [6, 6.07) is 6.76. The molecule has 0 spiro atoms. The maximum atomic E-state index is 12.1. The topological polar surface area (TPSA) is 55.4 Å². The van der Waals surface area contributed by atoms with Crippen molar-refractivity contribution < 1.29 is 14.3 Å². The Balaban J connectivity index is 2.70. The van der Waals surface area contributed by atoms with Gasteiger partial charge in [0.25, 0.3) is 5.91 Å². The minimum atomic E-state index is -0.665. The fourth-order valence-electron chi connectivity index (χ4n) is 1.79. The van der Waals surface area contributed by atoms with E-state index in [9.17, 15) is 9.59 Å². The smallest absolute Gasteiger partial charge is 0.328 e. The Kier molecular flexibility index (Phi) is 5.53. The first-order valence-electron chi connectivity index (χ1n) is 7.23. The standard InChI is InChI=1S/C17H25NO3/c1-11(2)21-16(20)12(3)18-15(19)13-7-9-14(10-8-13)17(4,5)6/h7-12H,1-6H3,(H,18,19)/t12-/m1/s1. The van der Waals surface area contributed by atoms with Gasteiger partial charge in [-0.15, -0.1) is 0 Å². The average Bonchev–Trinajstić information content (AvgIpc) is 2.36. The van der Waals surface area contributed by atoms with E-state index in [0.29, 0.717) is 5.56 Å². The molecule has 4 heteroatoms. The molecule has 0 unspecified atom stereocenters. The van der Waals surface area contributed by atoms with Crippen molar-refractivity contribution in [3.05, 3.63) is 35.4 Å². The highest BCUT2D eigenvalue weighted by Gasteiger charge is 2.19. The first-order chi connectivity index (χ1) is 9.61. The van der Waals surface area contributed by atoms with Gasteiger partial charge in [0.15, 0.2) is 0 Å². The molecular formula is C17H25NO3. The van der Waals surface area contributed by atoms with Crippen LogP contribution >= 0.6 is 0 Å². The molecule has 21 heavy (non-hydrogen) atoms. The van der Waals surface area contributed by atoms with Crippen molar-refractivity contribution in [3.63, 3.8) is 0 Å². The highest BCUT2D eigenvalue weighted by molar-refractivity contribution is 5.96. The normalized spacial score (nSPS) is 12.9. The maximum absolute atomic E-state index is 12.1. The lowest BCUT2D eigenvalue weighted by Crippen LogP contribution is -2.40. The van der Waals surface area contributed by atoms with Gasteiger partial charge in [-0.05, 0) is 43.9 Å². The Morgan fingerprint density at radius 1 is 1.05 bits per heavy atom. The zero-order valence-electron chi connectivity index (χ0n) is 13.7. The molecule has 1 N–H and O–H groups in total.